The van der Waals surface area contributed by atoms with Crippen LogP contribution in [0, 0.1) is 12.7 Å². The van der Waals surface area contributed by atoms with E-state index in [2.05, 4.69) is 15.3 Å². The molecule has 1 aliphatic rings. The summed E-state index contributed by atoms with van der Waals surface area (Å²) in [5.41, 5.74) is 0.111. The molecule has 2 aromatic rings. The number of ether oxygens (including phenoxy) is 1. The van der Waals surface area contributed by atoms with Crippen LogP contribution in [0.1, 0.15) is 24.0 Å². The minimum absolute atomic E-state index is 0.340. The monoisotopic (exact) mass is 336 g/mol. The standard InChI is InChI=1S/C17H21FN2O2S/c1-12-19-14(11-23-12)9-20-7-6-17(2,21)16(10-20)22-15-5-3-4-13(18)8-15/h3-5,8,11,16,21H,6-7,9-10H2,1-2H3/t16-,17-/m0/s1. The lowest BCUT2D eigenvalue weighted by Gasteiger charge is -2.42. The third kappa shape index (κ3) is 4.07. The van der Waals surface area contributed by atoms with E-state index in [9.17, 15) is 9.50 Å². The van der Waals surface area contributed by atoms with E-state index in [1.807, 2.05) is 6.92 Å². The van der Waals surface area contributed by atoms with Gasteiger partial charge in [0.15, 0.2) is 0 Å². The fourth-order valence-electron chi connectivity index (χ4n) is 2.79. The first-order chi connectivity index (χ1) is 10.9. The maximum Gasteiger partial charge on any atom is 0.140 e. The number of hydrogen-bond acceptors (Lipinski definition) is 5. The summed E-state index contributed by atoms with van der Waals surface area (Å²) < 4.78 is 19.2. The molecule has 0 aliphatic carbocycles. The number of aliphatic hydroxyl groups is 1. The zero-order valence-electron chi connectivity index (χ0n) is 13.3. The van der Waals surface area contributed by atoms with Crippen molar-refractivity contribution >= 4 is 11.3 Å². The van der Waals surface area contributed by atoms with E-state index in [1.54, 1.807) is 30.4 Å². The highest BCUT2D eigenvalue weighted by atomic mass is 32.1. The molecule has 6 heteroatoms. The Bertz CT molecular complexity index is 674. The second-order valence-corrected chi connectivity index (χ2v) is 7.33. The summed E-state index contributed by atoms with van der Waals surface area (Å²) in [4.78, 5) is 6.70. The zero-order chi connectivity index (χ0) is 16.4. The Morgan fingerprint density at radius 2 is 2.35 bits per heavy atom. The third-order valence-corrected chi connectivity index (χ3v) is 5.00. The van der Waals surface area contributed by atoms with E-state index >= 15 is 0 Å². The third-order valence-electron chi connectivity index (χ3n) is 4.18. The first kappa shape index (κ1) is 16.4. The molecule has 2 atom stereocenters. The van der Waals surface area contributed by atoms with Crippen LogP contribution in [-0.2, 0) is 6.54 Å². The van der Waals surface area contributed by atoms with Crippen LogP contribution in [-0.4, -0.2) is 39.8 Å². The van der Waals surface area contributed by atoms with Crippen LogP contribution in [0.25, 0.3) is 0 Å². The SMILES string of the molecule is Cc1nc(CN2CC[C@](C)(O)[C@@H](Oc3cccc(F)c3)C2)cs1. The summed E-state index contributed by atoms with van der Waals surface area (Å²) in [7, 11) is 0. The normalized spacial score (nSPS) is 25.5. The van der Waals surface area contributed by atoms with Gasteiger partial charge in [-0.2, -0.15) is 0 Å². The lowest BCUT2D eigenvalue weighted by atomic mass is 9.90. The van der Waals surface area contributed by atoms with Crippen LogP contribution in [0.5, 0.6) is 5.75 Å². The number of rotatable bonds is 4. The molecule has 1 aliphatic heterocycles. The van der Waals surface area contributed by atoms with Crippen LogP contribution in [0.2, 0.25) is 0 Å². The van der Waals surface area contributed by atoms with Crippen molar-refractivity contribution in [3.05, 3.63) is 46.2 Å². The number of nitrogens with zero attached hydrogens (tertiary/aromatic N) is 2. The summed E-state index contributed by atoms with van der Waals surface area (Å²) in [6.45, 7) is 5.88. The van der Waals surface area contributed by atoms with Crippen molar-refractivity contribution in [2.24, 2.45) is 0 Å². The van der Waals surface area contributed by atoms with E-state index in [1.165, 1.54) is 12.1 Å². The first-order valence-corrected chi connectivity index (χ1v) is 8.58. The molecule has 1 fully saturated rings. The fraction of sp³-hybridized carbons (Fsp3) is 0.471. The Morgan fingerprint density at radius 1 is 1.52 bits per heavy atom. The molecular formula is C17H21FN2O2S. The summed E-state index contributed by atoms with van der Waals surface area (Å²) in [6.07, 6.45) is 0.202. The van der Waals surface area contributed by atoms with Gasteiger partial charge in [0, 0.05) is 31.1 Å². The maximum absolute atomic E-state index is 13.3. The van der Waals surface area contributed by atoms with Crippen LogP contribution in [0.15, 0.2) is 29.6 Å². The molecule has 1 aromatic carbocycles. The van der Waals surface area contributed by atoms with Gasteiger partial charge in [-0.25, -0.2) is 9.37 Å². The second kappa shape index (κ2) is 6.55. The van der Waals surface area contributed by atoms with E-state index in [0.717, 1.165) is 23.8 Å². The second-order valence-electron chi connectivity index (χ2n) is 6.26. The highest BCUT2D eigenvalue weighted by molar-refractivity contribution is 7.09. The minimum Gasteiger partial charge on any atom is -0.486 e. The molecule has 1 saturated heterocycles. The minimum atomic E-state index is -0.930. The van der Waals surface area contributed by atoms with Gasteiger partial charge in [0.1, 0.15) is 23.3 Å². The van der Waals surface area contributed by atoms with Crippen LogP contribution in [0.3, 0.4) is 0 Å². The van der Waals surface area contributed by atoms with Gasteiger partial charge in [0.25, 0.3) is 0 Å². The Morgan fingerprint density at radius 3 is 3.04 bits per heavy atom. The predicted octanol–water partition coefficient (Wildman–Crippen LogP) is 2.99. The van der Waals surface area contributed by atoms with Crippen molar-refractivity contribution in [1.82, 2.24) is 9.88 Å². The molecule has 2 heterocycles. The molecule has 0 amide bonds. The number of halogens is 1. The lowest BCUT2D eigenvalue weighted by Crippen LogP contribution is -2.56. The molecule has 1 aromatic heterocycles. The van der Waals surface area contributed by atoms with E-state index in [0.29, 0.717) is 18.7 Å². The van der Waals surface area contributed by atoms with E-state index in [4.69, 9.17) is 4.74 Å². The van der Waals surface area contributed by atoms with Gasteiger partial charge in [-0.1, -0.05) is 6.07 Å². The topological polar surface area (TPSA) is 45.6 Å². The number of piperidine rings is 1. The molecule has 1 N–H and O–H groups in total. The zero-order valence-corrected chi connectivity index (χ0v) is 14.1. The molecule has 0 spiro atoms. The average molecular weight is 336 g/mol. The highest BCUT2D eigenvalue weighted by Gasteiger charge is 2.39. The van der Waals surface area contributed by atoms with Gasteiger partial charge in [-0.15, -0.1) is 11.3 Å². The Kier molecular flexibility index (Phi) is 4.66. The number of aromatic nitrogens is 1. The summed E-state index contributed by atoms with van der Waals surface area (Å²) >= 11 is 1.64. The van der Waals surface area contributed by atoms with Gasteiger partial charge >= 0.3 is 0 Å². The number of hydrogen-bond donors (Lipinski definition) is 1. The molecule has 0 saturated carbocycles. The van der Waals surface area contributed by atoms with Crippen LogP contribution in [0.4, 0.5) is 4.39 Å². The molecule has 23 heavy (non-hydrogen) atoms. The van der Waals surface area contributed by atoms with Crippen molar-refractivity contribution in [1.29, 1.82) is 0 Å². The van der Waals surface area contributed by atoms with Crippen molar-refractivity contribution < 1.29 is 14.2 Å². The summed E-state index contributed by atoms with van der Waals surface area (Å²) in [6, 6.07) is 6.04. The number of aryl methyl sites for hydroxylation is 1. The molecule has 0 unspecified atom stereocenters. The Hall–Kier alpha value is -1.50. The lowest BCUT2D eigenvalue weighted by molar-refractivity contribution is -0.0966. The molecule has 124 valence electrons. The van der Waals surface area contributed by atoms with Gasteiger partial charge in [-0.3, -0.25) is 4.90 Å². The summed E-state index contributed by atoms with van der Waals surface area (Å²) in [5.74, 6) is 0.106. The van der Waals surface area contributed by atoms with Crippen molar-refractivity contribution in [2.45, 2.75) is 38.5 Å². The van der Waals surface area contributed by atoms with Gasteiger partial charge < -0.3 is 9.84 Å². The van der Waals surface area contributed by atoms with Crippen LogP contribution >= 0.6 is 11.3 Å². The largest absolute Gasteiger partial charge is 0.486 e. The molecule has 4 nitrogen and oxygen atoms in total. The van der Waals surface area contributed by atoms with E-state index in [-0.39, 0.29) is 5.82 Å². The van der Waals surface area contributed by atoms with Crippen LogP contribution < -0.4 is 4.74 Å². The quantitative estimate of drug-likeness (QED) is 0.932. The smallest absolute Gasteiger partial charge is 0.140 e. The van der Waals surface area contributed by atoms with Crippen molar-refractivity contribution in [2.75, 3.05) is 13.1 Å². The highest BCUT2D eigenvalue weighted by Crippen LogP contribution is 2.28. The Balaban J connectivity index is 1.69. The van der Waals surface area contributed by atoms with Crippen molar-refractivity contribution in [3.63, 3.8) is 0 Å². The number of benzene rings is 1. The molecule has 0 bridgehead atoms. The molecule has 0 radical (unpaired) electrons. The van der Waals surface area contributed by atoms with Gasteiger partial charge in [-0.05, 0) is 32.4 Å². The molecule has 3 rings (SSSR count). The first-order valence-electron chi connectivity index (χ1n) is 7.70. The Labute approximate surface area is 139 Å². The summed E-state index contributed by atoms with van der Waals surface area (Å²) in [5, 5.41) is 13.7. The fourth-order valence-corrected chi connectivity index (χ4v) is 3.39. The van der Waals surface area contributed by atoms with Crippen molar-refractivity contribution in [3.8, 4) is 5.75 Å². The average Bonchev–Trinajstić information content (AvgIpc) is 2.88. The maximum atomic E-state index is 13.3. The van der Waals surface area contributed by atoms with Gasteiger partial charge in [0.2, 0.25) is 0 Å². The number of thiazole rings is 1. The van der Waals surface area contributed by atoms with Gasteiger partial charge in [0.05, 0.1) is 10.7 Å². The van der Waals surface area contributed by atoms with E-state index < -0.39 is 11.7 Å². The molecular weight excluding hydrogens is 315 g/mol. The predicted molar refractivity (Wildman–Crippen MR) is 88.2 cm³/mol. The number of likely N-dealkylation sites (tertiary alicyclic amines) is 1.